The van der Waals surface area contributed by atoms with E-state index in [1.165, 1.54) is 22.3 Å². The van der Waals surface area contributed by atoms with Crippen molar-refractivity contribution in [2.75, 3.05) is 0 Å². The minimum Gasteiger partial charge on any atom is -0.369 e. The van der Waals surface area contributed by atoms with Crippen molar-refractivity contribution in [1.82, 2.24) is 29.4 Å². The fourth-order valence-electron chi connectivity index (χ4n) is 8.49. The predicted molar refractivity (Wildman–Crippen MR) is 306 cm³/mol. The van der Waals surface area contributed by atoms with Crippen LogP contribution in [0.4, 0.5) is 0 Å². The second-order valence-electron chi connectivity index (χ2n) is 23.6. The highest BCUT2D eigenvalue weighted by molar-refractivity contribution is 5.84. The van der Waals surface area contributed by atoms with E-state index >= 15 is 0 Å². The van der Waals surface area contributed by atoms with Gasteiger partial charge in [0.25, 0.3) is 5.56 Å². The molecule has 0 fully saturated rings. The highest BCUT2D eigenvalue weighted by Gasteiger charge is 2.29. The molecule has 3 radical (unpaired) electrons. The van der Waals surface area contributed by atoms with E-state index in [1.807, 2.05) is 136 Å². The number of aromatic nitrogens is 5. The summed E-state index contributed by atoms with van der Waals surface area (Å²) in [6.07, 6.45) is 4.96. The number of para-hydroxylation sites is 4. The Morgan fingerprint density at radius 1 is 0.507 bits per heavy atom. The number of benzene rings is 4. The highest BCUT2D eigenvalue weighted by Crippen LogP contribution is 2.39. The van der Waals surface area contributed by atoms with Gasteiger partial charge in [-0.25, -0.2) is 9.59 Å². The first-order valence-corrected chi connectivity index (χ1v) is 25.1. The predicted octanol–water partition coefficient (Wildman–Crippen LogP) is 13.8. The van der Waals surface area contributed by atoms with Crippen LogP contribution in [0, 0.1) is 0 Å². The third-order valence-corrected chi connectivity index (χ3v) is 11.7. The zero-order valence-corrected chi connectivity index (χ0v) is 47.5. The van der Waals surface area contributed by atoms with Gasteiger partial charge in [-0.3, -0.25) is 13.9 Å². The molecule has 1 atom stereocenters. The van der Waals surface area contributed by atoms with Crippen molar-refractivity contribution in [1.29, 1.82) is 0 Å². The van der Waals surface area contributed by atoms with Crippen LogP contribution in [-0.4, -0.2) is 37.6 Å². The largest absolute Gasteiger partial charge is 0.369 e. The van der Waals surface area contributed by atoms with Gasteiger partial charge in [0.2, 0.25) is 0 Å². The number of hydrogen-bond donors (Lipinski definition) is 5. The second-order valence-corrected chi connectivity index (χ2v) is 23.6. The maximum absolute atomic E-state index is 12.0. The molecular weight excluding hydrogens is 880 g/mol. The molecule has 11 heteroatoms. The van der Waals surface area contributed by atoms with Gasteiger partial charge in [-0.2, -0.15) is 0 Å². The Kier molecular flexibility index (Phi) is 20.4. The lowest BCUT2D eigenvalue weighted by atomic mass is 9.73. The van der Waals surface area contributed by atoms with Crippen LogP contribution in [0.5, 0.6) is 0 Å². The Hall–Kier alpha value is -5.81. The molecule has 1 aliphatic rings. The van der Waals surface area contributed by atoms with E-state index < -0.39 is 6.23 Å². The number of aliphatic hydroxyl groups is 1. The number of rotatable bonds is 0. The normalized spacial score (nSPS) is 13.5. The SMILES string of the molecule is CC.CC.CC(C)(C)c1cc2c(cc1C(C)(C)C)C(O)NC=C2.CC(C)(C)c1cc2cc[nH]c(=O)c2cc1C(C)(C)C.CC(C)(C)n1c(=O)[nH]c2ccccc21.CC(C)(C)n1c(=O)[nH]c2ccccc21.[B]. The number of aliphatic hydroxyl groups excluding tert-OH is 1. The monoisotopic (exact) mass is 968 g/mol. The van der Waals surface area contributed by atoms with Gasteiger partial charge in [0, 0.05) is 36.6 Å². The molecule has 0 saturated carbocycles. The van der Waals surface area contributed by atoms with Crippen molar-refractivity contribution in [2.24, 2.45) is 0 Å². The van der Waals surface area contributed by atoms with Crippen molar-refractivity contribution in [3.63, 3.8) is 0 Å². The summed E-state index contributed by atoms with van der Waals surface area (Å²) >= 11 is 0. The Morgan fingerprint density at radius 2 is 0.887 bits per heavy atom. The van der Waals surface area contributed by atoms with Crippen molar-refractivity contribution >= 4 is 47.3 Å². The Labute approximate surface area is 427 Å². The highest BCUT2D eigenvalue weighted by atomic mass is 16.3. The Morgan fingerprint density at radius 3 is 1.30 bits per heavy atom. The quantitative estimate of drug-likeness (QED) is 0.0963. The molecule has 7 aromatic rings. The zero-order chi connectivity index (χ0) is 53.5. The summed E-state index contributed by atoms with van der Waals surface area (Å²) in [4.78, 5) is 43.8. The topological polar surface area (TPSA) is 141 Å². The average molecular weight is 968 g/mol. The van der Waals surface area contributed by atoms with Crippen LogP contribution in [-0.2, 0) is 32.7 Å². The molecular formula is C60H88BN6O4. The van der Waals surface area contributed by atoms with Gasteiger partial charge >= 0.3 is 11.4 Å². The van der Waals surface area contributed by atoms with Crippen LogP contribution in [0.15, 0.2) is 106 Å². The molecule has 1 aliphatic heterocycles. The van der Waals surface area contributed by atoms with Crippen molar-refractivity contribution in [2.45, 2.75) is 191 Å². The van der Waals surface area contributed by atoms with E-state index in [9.17, 15) is 19.5 Å². The first-order valence-electron chi connectivity index (χ1n) is 25.1. The number of hydrogen-bond acceptors (Lipinski definition) is 5. The van der Waals surface area contributed by atoms with E-state index in [0.29, 0.717) is 0 Å². The van der Waals surface area contributed by atoms with Gasteiger partial charge in [-0.05, 0) is 151 Å². The fraction of sp³-hybridized carbons (Fsp3) is 0.483. The van der Waals surface area contributed by atoms with Gasteiger partial charge in [0.1, 0.15) is 0 Å². The molecule has 0 spiro atoms. The molecule has 0 aliphatic carbocycles. The minimum absolute atomic E-state index is 0. The molecule has 10 nitrogen and oxygen atoms in total. The molecule has 71 heavy (non-hydrogen) atoms. The summed E-state index contributed by atoms with van der Waals surface area (Å²) in [5.41, 5.74) is 10.8. The standard InChI is InChI=1S/C17H25NO.C17H23NO.2C11H14N2O.2C2H6.B/c2*1-16(2,3)13-9-11-7-8-18-15(19)12(11)10-14(13)17(4,5)6;2*1-11(2,3)13-9-7-5-4-6-8(9)12-10(13)14;2*1-2;/h7-10,15,18-19H,1-6H3;7-10H,1-6H3,(H,18,19);2*4-7H,1-3H3,(H,12,14);2*1-2H3;. The smallest absolute Gasteiger partial charge is 0.326 e. The van der Waals surface area contributed by atoms with Gasteiger partial charge in [-0.1, -0.05) is 147 Å². The van der Waals surface area contributed by atoms with Crippen LogP contribution in [0.1, 0.15) is 192 Å². The average Bonchev–Trinajstić information content (AvgIpc) is 3.79. The number of nitrogens with one attached hydrogen (secondary N) is 4. The number of imidazole rings is 2. The Bertz CT molecular complexity index is 2950. The second kappa shape index (κ2) is 23.6. The van der Waals surface area contributed by atoms with Crippen LogP contribution in [0.2, 0.25) is 0 Å². The number of fused-ring (bicyclic) bond motifs is 4. The zero-order valence-electron chi connectivity index (χ0n) is 47.5. The van der Waals surface area contributed by atoms with E-state index in [0.717, 1.165) is 44.0 Å². The summed E-state index contributed by atoms with van der Waals surface area (Å²) in [6, 6.07) is 26.1. The van der Waals surface area contributed by atoms with E-state index in [4.69, 9.17) is 0 Å². The number of aromatic amines is 3. The van der Waals surface area contributed by atoms with Crippen molar-refractivity contribution in [3.05, 3.63) is 156 Å². The molecule has 0 amide bonds. The number of H-pyrrole nitrogens is 3. The fourth-order valence-corrected chi connectivity index (χ4v) is 8.49. The molecule has 8 rings (SSSR count). The van der Waals surface area contributed by atoms with Crippen LogP contribution in [0.3, 0.4) is 0 Å². The maximum atomic E-state index is 12.0. The van der Waals surface area contributed by atoms with Gasteiger partial charge in [-0.15, -0.1) is 0 Å². The lowest BCUT2D eigenvalue weighted by molar-refractivity contribution is 0.154. The van der Waals surface area contributed by atoms with Gasteiger partial charge in [0.05, 0.1) is 22.1 Å². The van der Waals surface area contributed by atoms with E-state index in [1.54, 1.807) is 15.3 Å². The first kappa shape index (κ1) is 61.3. The number of nitrogens with zero attached hydrogens (tertiary/aromatic N) is 2. The summed E-state index contributed by atoms with van der Waals surface area (Å²) in [7, 11) is 0. The summed E-state index contributed by atoms with van der Waals surface area (Å²) in [5.74, 6) is 0. The molecule has 5 N–H and O–H groups in total. The third-order valence-electron chi connectivity index (χ3n) is 11.7. The van der Waals surface area contributed by atoms with Gasteiger partial charge < -0.3 is 25.4 Å². The lowest BCUT2D eigenvalue weighted by Gasteiger charge is -2.33. The van der Waals surface area contributed by atoms with E-state index in [2.05, 4.69) is 128 Å². The maximum Gasteiger partial charge on any atom is 0.326 e. The van der Waals surface area contributed by atoms with Crippen LogP contribution >= 0.6 is 0 Å². The Balaban J connectivity index is 0.000000318. The third kappa shape index (κ3) is 15.1. The lowest BCUT2D eigenvalue weighted by Crippen LogP contribution is -2.31. The van der Waals surface area contributed by atoms with E-state index in [-0.39, 0.29) is 58.1 Å². The summed E-state index contributed by atoms with van der Waals surface area (Å²) < 4.78 is 3.56. The van der Waals surface area contributed by atoms with Crippen LogP contribution < -0.4 is 22.3 Å². The number of pyridine rings is 1. The first-order chi connectivity index (χ1) is 32.2. The molecule has 0 bridgehead atoms. The molecule has 4 aromatic carbocycles. The van der Waals surface area contributed by atoms with Gasteiger partial charge in [0.15, 0.2) is 6.23 Å². The molecule has 4 heterocycles. The summed E-state index contributed by atoms with van der Waals surface area (Å²) in [6.45, 7) is 46.8. The molecule has 0 saturated heterocycles. The molecule has 385 valence electrons. The van der Waals surface area contributed by atoms with Crippen LogP contribution in [0.25, 0.3) is 38.9 Å². The van der Waals surface area contributed by atoms with Crippen molar-refractivity contribution < 1.29 is 5.11 Å². The minimum atomic E-state index is -0.602. The van der Waals surface area contributed by atoms with Crippen molar-refractivity contribution in [3.8, 4) is 0 Å². The summed E-state index contributed by atoms with van der Waals surface area (Å²) in [5, 5.41) is 14.8. The molecule has 1 unspecified atom stereocenters. The molecule has 3 aromatic heterocycles.